The maximum absolute atomic E-state index is 10.9. The highest BCUT2D eigenvalue weighted by Gasteiger charge is 2.07. The summed E-state index contributed by atoms with van der Waals surface area (Å²) >= 11 is 0. The van der Waals surface area contributed by atoms with E-state index in [4.69, 9.17) is 0 Å². The first kappa shape index (κ1) is 10.9. The monoisotopic (exact) mass is 216 g/mol. The van der Waals surface area contributed by atoms with Crippen molar-refractivity contribution < 1.29 is 13.2 Å². The number of aryl methyl sites for hydroxylation is 1. The van der Waals surface area contributed by atoms with Crippen molar-refractivity contribution in [1.29, 1.82) is 0 Å². The highest BCUT2D eigenvalue weighted by molar-refractivity contribution is 7.90. The summed E-state index contributed by atoms with van der Waals surface area (Å²) in [4.78, 5) is 10.5. The van der Waals surface area contributed by atoms with Gasteiger partial charge in [0, 0.05) is 11.9 Å². The van der Waals surface area contributed by atoms with E-state index in [1.165, 1.54) is 17.1 Å². The van der Waals surface area contributed by atoms with Gasteiger partial charge in [-0.2, -0.15) is 5.10 Å². The molecule has 0 unspecified atom stereocenters. The van der Waals surface area contributed by atoms with Crippen LogP contribution in [0.25, 0.3) is 0 Å². The number of rotatable bonds is 4. The van der Waals surface area contributed by atoms with E-state index >= 15 is 0 Å². The Bertz CT molecular complexity index is 433. The molecule has 0 atom stereocenters. The van der Waals surface area contributed by atoms with Gasteiger partial charge in [-0.05, 0) is 6.92 Å². The maximum atomic E-state index is 10.9. The molecule has 0 radical (unpaired) electrons. The smallest absolute Gasteiger partial charge is 0.153 e. The minimum Gasteiger partial charge on any atom is -0.298 e. The van der Waals surface area contributed by atoms with Crippen LogP contribution in [0.15, 0.2) is 6.20 Å². The standard InChI is InChI=1S/C8H12N2O3S/c1-7-8(6-11)5-9-10(7)3-4-14(2,12)13/h5-6H,3-4H2,1-2H3. The molecule has 0 bridgehead atoms. The number of aldehydes is 1. The second-order valence-corrected chi connectivity index (χ2v) is 5.42. The topological polar surface area (TPSA) is 69.0 Å². The highest BCUT2D eigenvalue weighted by Crippen LogP contribution is 2.04. The molecule has 0 amide bonds. The highest BCUT2D eigenvalue weighted by atomic mass is 32.2. The molecule has 1 aromatic rings. The zero-order valence-corrected chi connectivity index (χ0v) is 8.91. The molecule has 6 heteroatoms. The van der Waals surface area contributed by atoms with Crippen LogP contribution in [0.5, 0.6) is 0 Å². The van der Waals surface area contributed by atoms with Crippen LogP contribution in [0.3, 0.4) is 0 Å². The maximum Gasteiger partial charge on any atom is 0.153 e. The Hall–Kier alpha value is -1.17. The third kappa shape index (κ3) is 2.66. The van der Waals surface area contributed by atoms with Gasteiger partial charge >= 0.3 is 0 Å². The summed E-state index contributed by atoms with van der Waals surface area (Å²) in [5.74, 6) is 0.0355. The van der Waals surface area contributed by atoms with Crippen molar-refractivity contribution in [2.75, 3.05) is 12.0 Å². The summed E-state index contributed by atoms with van der Waals surface area (Å²) in [6.07, 6.45) is 3.32. The molecule has 0 aromatic carbocycles. The van der Waals surface area contributed by atoms with E-state index in [9.17, 15) is 13.2 Å². The molecule has 0 aliphatic carbocycles. The van der Waals surface area contributed by atoms with Crippen LogP contribution in [0.4, 0.5) is 0 Å². The Balaban J connectivity index is 2.78. The van der Waals surface area contributed by atoms with Crippen molar-refractivity contribution in [3.05, 3.63) is 17.5 Å². The van der Waals surface area contributed by atoms with Crippen molar-refractivity contribution in [3.63, 3.8) is 0 Å². The van der Waals surface area contributed by atoms with Crippen molar-refractivity contribution >= 4 is 16.1 Å². The first-order valence-electron chi connectivity index (χ1n) is 4.09. The Labute approximate surface area is 82.7 Å². The molecular weight excluding hydrogens is 204 g/mol. The van der Waals surface area contributed by atoms with Crippen LogP contribution in [0.2, 0.25) is 0 Å². The molecule has 5 nitrogen and oxygen atoms in total. The number of aromatic nitrogens is 2. The number of nitrogens with zero attached hydrogens (tertiary/aromatic N) is 2. The normalized spacial score (nSPS) is 11.6. The predicted octanol–water partition coefficient (Wildman–Crippen LogP) is 0.0486. The van der Waals surface area contributed by atoms with Gasteiger partial charge in [-0.1, -0.05) is 0 Å². The van der Waals surface area contributed by atoms with Gasteiger partial charge in [0.25, 0.3) is 0 Å². The molecule has 14 heavy (non-hydrogen) atoms. The Kier molecular flexibility index (Phi) is 3.05. The van der Waals surface area contributed by atoms with Crippen molar-refractivity contribution in [2.24, 2.45) is 0 Å². The molecule has 0 saturated heterocycles. The lowest BCUT2D eigenvalue weighted by molar-refractivity contribution is 0.112. The fourth-order valence-corrected chi connectivity index (χ4v) is 1.56. The van der Waals surface area contributed by atoms with Gasteiger partial charge < -0.3 is 0 Å². The Morgan fingerprint density at radius 3 is 2.64 bits per heavy atom. The minimum atomic E-state index is -2.99. The summed E-state index contributed by atoms with van der Waals surface area (Å²) in [6, 6.07) is 0. The zero-order valence-electron chi connectivity index (χ0n) is 8.10. The first-order chi connectivity index (χ1) is 6.44. The van der Waals surface area contributed by atoms with E-state index in [0.717, 1.165) is 0 Å². The predicted molar refractivity (Wildman–Crippen MR) is 52.1 cm³/mol. The number of carbonyl (C=O) groups is 1. The summed E-state index contributed by atoms with van der Waals surface area (Å²) in [7, 11) is -2.99. The number of sulfone groups is 1. The van der Waals surface area contributed by atoms with Crippen LogP contribution in [0, 0.1) is 6.92 Å². The van der Waals surface area contributed by atoms with Crippen molar-refractivity contribution in [2.45, 2.75) is 13.5 Å². The molecule has 0 aliphatic heterocycles. The molecule has 0 fully saturated rings. The largest absolute Gasteiger partial charge is 0.298 e. The SMILES string of the molecule is Cc1c(C=O)cnn1CCS(C)(=O)=O. The fourth-order valence-electron chi connectivity index (χ4n) is 1.05. The summed E-state index contributed by atoms with van der Waals surface area (Å²) < 4.78 is 23.3. The van der Waals surface area contributed by atoms with Gasteiger partial charge in [0.1, 0.15) is 9.84 Å². The van der Waals surface area contributed by atoms with Crippen LogP contribution >= 0.6 is 0 Å². The van der Waals surface area contributed by atoms with Crippen LogP contribution in [-0.2, 0) is 16.4 Å². The zero-order chi connectivity index (χ0) is 10.8. The molecule has 0 spiro atoms. The van der Waals surface area contributed by atoms with Gasteiger partial charge in [0.15, 0.2) is 6.29 Å². The van der Waals surface area contributed by atoms with E-state index in [-0.39, 0.29) is 5.75 Å². The molecule has 0 aliphatic rings. The van der Waals surface area contributed by atoms with E-state index < -0.39 is 9.84 Å². The molecule has 1 rings (SSSR count). The average Bonchev–Trinajstić information content (AvgIpc) is 2.42. The molecule has 0 N–H and O–H groups in total. The van der Waals surface area contributed by atoms with Crippen LogP contribution in [0.1, 0.15) is 16.1 Å². The fraction of sp³-hybridized carbons (Fsp3) is 0.500. The Morgan fingerprint density at radius 2 is 2.21 bits per heavy atom. The molecule has 0 saturated carbocycles. The number of carbonyl (C=O) groups excluding carboxylic acids is 1. The van der Waals surface area contributed by atoms with Gasteiger partial charge in [0.05, 0.1) is 24.1 Å². The van der Waals surface area contributed by atoms with Crippen LogP contribution in [-0.4, -0.2) is 36.5 Å². The summed E-state index contributed by atoms with van der Waals surface area (Å²) in [5.41, 5.74) is 1.20. The minimum absolute atomic E-state index is 0.0355. The molecule has 1 aromatic heterocycles. The van der Waals surface area contributed by atoms with Crippen molar-refractivity contribution in [3.8, 4) is 0 Å². The van der Waals surface area contributed by atoms with Crippen molar-refractivity contribution in [1.82, 2.24) is 9.78 Å². The molecule has 1 heterocycles. The lowest BCUT2D eigenvalue weighted by atomic mass is 10.3. The first-order valence-corrected chi connectivity index (χ1v) is 6.15. The van der Waals surface area contributed by atoms with E-state index in [2.05, 4.69) is 5.10 Å². The third-order valence-corrected chi connectivity index (χ3v) is 2.87. The summed E-state index contributed by atoms with van der Waals surface area (Å²) in [6.45, 7) is 2.03. The van der Waals surface area contributed by atoms with E-state index in [1.54, 1.807) is 6.92 Å². The average molecular weight is 216 g/mol. The molecule has 78 valence electrons. The second-order valence-electron chi connectivity index (χ2n) is 3.16. The number of hydrogen-bond donors (Lipinski definition) is 0. The number of hydrogen-bond acceptors (Lipinski definition) is 4. The molecular formula is C8H12N2O3S. The van der Waals surface area contributed by atoms with Gasteiger partial charge in [0.2, 0.25) is 0 Å². The van der Waals surface area contributed by atoms with E-state index in [0.29, 0.717) is 24.1 Å². The quantitative estimate of drug-likeness (QED) is 0.667. The van der Waals surface area contributed by atoms with Gasteiger partial charge in [-0.25, -0.2) is 8.42 Å². The van der Waals surface area contributed by atoms with Gasteiger partial charge in [-0.3, -0.25) is 9.48 Å². The van der Waals surface area contributed by atoms with Crippen LogP contribution < -0.4 is 0 Å². The van der Waals surface area contributed by atoms with E-state index in [1.807, 2.05) is 0 Å². The lowest BCUT2D eigenvalue weighted by Gasteiger charge is -2.02. The lowest BCUT2D eigenvalue weighted by Crippen LogP contribution is -2.13. The van der Waals surface area contributed by atoms with Gasteiger partial charge in [-0.15, -0.1) is 0 Å². The second kappa shape index (κ2) is 3.91. The summed E-state index contributed by atoms with van der Waals surface area (Å²) in [5, 5.41) is 3.91. The Morgan fingerprint density at radius 1 is 1.57 bits per heavy atom. The third-order valence-electron chi connectivity index (χ3n) is 1.94.